The van der Waals surface area contributed by atoms with E-state index in [1.807, 2.05) is 6.92 Å². The van der Waals surface area contributed by atoms with Crippen LogP contribution in [0.5, 0.6) is 0 Å². The Kier molecular flexibility index (Phi) is 5.85. The van der Waals surface area contributed by atoms with Crippen LogP contribution in [0.3, 0.4) is 0 Å². The summed E-state index contributed by atoms with van der Waals surface area (Å²) in [6.07, 6.45) is 1.03. The zero-order valence-corrected chi connectivity index (χ0v) is 4.81. The first-order valence-electron chi connectivity index (χ1n) is 2.38. The Hall–Kier alpha value is -0.0800. The molecule has 0 aromatic heterocycles. The Bertz CT molecular complexity index is 25.3. The van der Waals surface area contributed by atoms with Gasteiger partial charge in [-0.3, -0.25) is 0 Å². The van der Waals surface area contributed by atoms with E-state index in [1.54, 1.807) is 7.11 Å². The maximum absolute atomic E-state index is 4.78. The van der Waals surface area contributed by atoms with E-state index >= 15 is 0 Å². The van der Waals surface area contributed by atoms with Crippen LogP contribution in [0.1, 0.15) is 13.3 Å². The van der Waals surface area contributed by atoms with Crippen molar-refractivity contribution in [1.82, 2.24) is 0 Å². The molecule has 0 fully saturated rings. The molecule has 0 unspecified atom stereocenters. The van der Waals surface area contributed by atoms with E-state index in [-0.39, 0.29) is 0 Å². The molecule has 2 heteroatoms. The van der Waals surface area contributed by atoms with Crippen molar-refractivity contribution in [2.45, 2.75) is 13.3 Å². The minimum Gasteiger partial charge on any atom is -0.351 e. The number of hydrogen-bond donors (Lipinski definition) is 0. The molecule has 0 aromatic carbocycles. The normalized spacial score (nSPS) is 9.43. The quantitative estimate of drug-likeness (QED) is 0.497. The van der Waals surface area contributed by atoms with Crippen molar-refractivity contribution in [3.8, 4) is 0 Å². The third-order valence-electron chi connectivity index (χ3n) is 0.486. The molecule has 0 rings (SSSR count). The summed E-state index contributed by atoms with van der Waals surface area (Å²) in [6, 6.07) is 0. The van der Waals surface area contributed by atoms with Crippen LogP contribution in [-0.2, 0) is 9.47 Å². The lowest BCUT2D eigenvalue weighted by molar-refractivity contribution is 0.0473. The van der Waals surface area contributed by atoms with Gasteiger partial charge in [0.2, 0.25) is 6.79 Å². The summed E-state index contributed by atoms with van der Waals surface area (Å²) in [6.45, 7) is 4.13. The van der Waals surface area contributed by atoms with Gasteiger partial charge in [-0.2, -0.15) is 0 Å². The predicted octanol–water partition coefficient (Wildman–Crippen LogP) is 1.18. The molecule has 0 amide bonds. The van der Waals surface area contributed by atoms with Crippen LogP contribution < -0.4 is 0 Å². The molecule has 0 spiro atoms. The fraction of sp³-hybridized carbons (Fsp3) is 0.800. The van der Waals surface area contributed by atoms with Crippen molar-refractivity contribution < 1.29 is 9.47 Å². The Morgan fingerprint density at radius 2 is 2.29 bits per heavy atom. The van der Waals surface area contributed by atoms with Gasteiger partial charge in [0.25, 0.3) is 0 Å². The molecule has 0 bridgehead atoms. The lowest BCUT2D eigenvalue weighted by atomic mass is 10.5. The molecular formula is C5H11O2. The van der Waals surface area contributed by atoms with Crippen LogP contribution in [0.4, 0.5) is 0 Å². The Morgan fingerprint density at radius 3 is 2.71 bits per heavy atom. The van der Waals surface area contributed by atoms with E-state index in [0.29, 0.717) is 0 Å². The van der Waals surface area contributed by atoms with E-state index < -0.39 is 0 Å². The smallest absolute Gasteiger partial charge is 0.209 e. The second-order valence-electron chi connectivity index (χ2n) is 1.20. The first kappa shape index (κ1) is 6.92. The van der Waals surface area contributed by atoms with Crippen LogP contribution >= 0.6 is 0 Å². The number of rotatable bonds is 4. The van der Waals surface area contributed by atoms with Crippen molar-refractivity contribution in [1.29, 1.82) is 0 Å². The standard InChI is InChI=1S/C5H11O2/c1-3-4-7-5-6-2/h5H,3-4H2,1-2H3. The van der Waals surface area contributed by atoms with Gasteiger partial charge >= 0.3 is 0 Å². The van der Waals surface area contributed by atoms with Gasteiger partial charge in [0.1, 0.15) is 0 Å². The van der Waals surface area contributed by atoms with Gasteiger partial charge in [-0.05, 0) is 6.42 Å². The van der Waals surface area contributed by atoms with E-state index in [9.17, 15) is 0 Å². The first-order chi connectivity index (χ1) is 3.41. The summed E-state index contributed by atoms with van der Waals surface area (Å²) in [5, 5.41) is 0. The summed E-state index contributed by atoms with van der Waals surface area (Å²) >= 11 is 0. The maximum atomic E-state index is 4.78. The van der Waals surface area contributed by atoms with E-state index in [2.05, 4.69) is 4.74 Å². The van der Waals surface area contributed by atoms with Gasteiger partial charge in [0.15, 0.2) is 0 Å². The van der Waals surface area contributed by atoms with Gasteiger partial charge in [-0.25, -0.2) is 0 Å². The summed E-state index contributed by atoms with van der Waals surface area (Å²) < 4.78 is 9.28. The van der Waals surface area contributed by atoms with Crippen LogP contribution in [-0.4, -0.2) is 13.7 Å². The summed E-state index contributed by atoms with van der Waals surface area (Å²) in [7, 11) is 1.57. The summed E-state index contributed by atoms with van der Waals surface area (Å²) in [5.41, 5.74) is 0. The molecule has 43 valence electrons. The molecule has 7 heavy (non-hydrogen) atoms. The number of methoxy groups -OCH3 is 1. The topological polar surface area (TPSA) is 18.5 Å². The van der Waals surface area contributed by atoms with Crippen molar-refractivity contribution >= 4 is 0 Å². The van der Waals surface area contributed by atoms with E-state index in [1.165, 1.54) is 6.79 Å². The Labute approximate surface area is 44.4 Å². The molecule has 2 nitrogen and oxygen atoms in total. The summed E-state index contributed by atoms with van der Waals surface area (Å²) in [5.74, 6) is 0. The number of hydrogen-bond acceptors (Lipinski definition) is 2. The first-order valence-corrected chi connectivity index (χ1v) is 2.38. The second kappa shape index (κ2) is 5.92. The highest BCUT2D eigenvalue weighted by atomic mass is 16.7. The SMILES string of the molecule is CCCO[CH]OC. The lowest BCUT2D eigenvalue weighted by Gasteiger charge is -1.94. The van der Waals surface area contributed by atoms with Crippen molar-refractivity contribution in [3.63, 3.8) is 0 Å². The highest BCUT2D eigenvalue weighted by Gasteiger charge is 1.79. The Balaban J connectivity index is 2.45. The molecule has 0 N–H and O–H groups in total. The third kappa shape index (κ3) is 5.92. The minimum absolute atomic E-state index is 0.744. The van der Waals surface area contributed by atoms with Crippen LogP contribution in [0.2, 0.25) is 0 Å². The van der Waals surface area contributed by atoms with Gasteiger partial charge < -0.3 is 9.47 Å². The molecule has 0 aromatic rings. The predicted molar refractivity (Wildman–Crippen MR) is 27.6 cm³/mol. The molecule has 0 saturated heterocycles. The van der Waals surface area contributed by atoms with Gasteiger partial charge in [-0.1, -0.05) is 6.92 Å². The van der Waals surface area contributed by atoms with Gasteiger partial charge in [-0.15, -0.1) is 0 Å². The summed E-state index contributed by atoms with van der Waals surface area (Å²) in [4.78, 5) is 0. The molecule has 0 atom stereocenters. The van der Waals surface area contributed by atoms with Crippen molar-refractivity contribution in [3.05, 3.63) is 6.79 Å². The monoisotopic (exact) mass is 103 g/mol. The van der Waals surface area contributed by atoms with E-state index in [0.717, 1.165) is 13.0 Å². The molecule has 0 aliphatic carbocycles. The second-order valence-corrected chi connectivity index (χ2v) is 1.20. The third-order valence-corrected chi connectivity index (χ3v) is 0.486. The molecule has 1 radical (unpaired) electrons. The maximum Gasteiger partial charge on any atom is 0.209 e. The Morgan fingerprint density at radius 1 is 1.57 bits per heavy atom. The molecule has 0 saturated carbocycles. The molecular weight excluding hydrogens is 92.1 g/mol. The largest absolute Gasteiger partial charge is 0.351 e. The fourth-order valence-corrected chi connectivity index (χ4v) is 0.234. The van der Waals surface area contributed by atoms with E-state index in [4.69, 9.17) is 4.74 Å². The van der Waals surface area contributed by atoms with Crippen LogP contribution in [0.15, 0.2) is 0 Å². The molecule has 0 aliphatic rings. The zero-order valence-electron chi connectivity index (χ0n) is 4.81. The molecule has 0 aliphatic heterocycles. The van der Waals surface area contributed by atoms with Crippen molar-refractivity contribution in [2.24, 2.45) is 0 Å². The highest BCUT2D eigenvalue weighted by molar-refractivity contribution is 4.26. The van der Waals surface area contributed by atoms with Gasteiger partial charge in [0.05, 0.1) is 0 Å². The minimum atomic E-state index is 0.744. The zero-order chi connectivity index (χ0) is 5.54. The fourth-order valence-electron chi connectivity index (χ4n) is 0.234. The van der Waals surface area contributed by atoms with Crippen molar-refractivity contribution in [2.75, 3.05) is 13.7 Å². The average Bonchev–Trinajstić information content (AvgIpc) is 1.69. The van der Waals surface area contributed by atoms with Crippen LogP contribution in [0, 0.1) is 6.79 Å². The lowest BCUT2D eigenvalue weighted by Crippen LogP contribution is -1.89. The van der Waals surface area contributed by atoms with Crippen LogP contribution in [0.25, 0.3) is 0 Å². The number of ether oxygens (including phenoxy) is 2. The molecule has 0 heterocycles. The van der Waals surface area contributed by atoms with Gasteiger partial charge in [0, 0.05) is 13.7 Å². The highest BCUT2D eigenvalue weighted by Crippen LogP contribution is 1.82. The average molecular weight is 103 g/mol.